The summed E-state index contributed by atoms with van der Waals surface area (Å²) >= 11 is 0. The van der Waals surface area contributed by atoms with Crippen molar-refractivity contribution in [1.82, 2.24) is 9.97 Å². The first kappa shape index (κ1) is 25.3. The van der Waals surface area contributed by atoms with Gasteiger partial charge >= 0.3 is 0 Å². The highest BCUT2D eigenvalue weighted by Gasteiger charge is 2.17. The molecule has 37 heavy (non-hydrogen) atoms. The van der Waals surface area contributed by atoms with Crippen molar-refractivity contribution >= 4 is 17.3 Å². The first-order valence-electron chi connectivity index (χ1n) is 11.5. The van der Waals surface area contributed by atoms with Crippen LogP contribution in [0.4, 0.5) is 26.1 Å². The van der Waals surface area contributed by atoms with Crippen LogP contribution in [0.5, 0.6) is 11.6 Å². The summed E-state index contributed by atoms with van der Waals surface area (Å²) < 4.78 is 33.9. The van der Waals surface area contributed by atoms with E-state index in [1.807, 2.05) is 57.1 Å². The minimum absolute atomic E-state index is 0.319. The number of allylic oxidation sites excluding steroid dienone is 1. The highest BCUT2D eigenvalue weighted by molar-refractivity contribution is 5.68. The van der Waals surface area contributed by atoms with Crippen LogP contribution < -0.4 is 15.0 Å². The Morgan fingerprint density at radius 2 is 1.59 bits per heavy atom. The van der Waals surface area contributed by atoms with E-state index in [4.69, 9.17) is 10.00 Å². The Morgan fingerprint density at radius 1 is 0.973 bits per heavy atom. The molecule has 0 fully saturated rings. The molecule has 4 rings (SSSR count). The molecule has 0 aliphatic heterocycles. The Morgan fingerprint density at radius 3 is 2.19 bits per heavy atom. The summed E-state index contributed by atoms with van der Waals surface area (Å²) in [6.45, 7) is 5.64. The summed E-state index contributed by atoms with van der Waals surface area (Å²) in [5, 5.41) is 12.1. The Balaban J connectivity index is 1.71. The zero-order chi connectivity index (χ0) is 26.5. The molecule has 1 heterocycles. The van der Waals surface area contributed by atoms with E-state index in [9.17, 15) is 8.78 Å². The van der Waals surface area contributed by atoms with Gasteiger partial charge in [0.05, 0.1) is 17.8 Å². The van der Waals surface area contributed by atoms with Gasteiger partial charge in [-0.05, 0) is 97.8 Å². The predicted molar refractivity (Wildman–Crippen MR) is 141 cm³/mol. The van der Waals surface area contributed by atoms with E-state index < -0.39 is 11.6 Å². The number of aromatic nitrogens is 2. The maximum atomic E-state index is 13.8. The van der Waals surface area contributed by atoms with E-state index in [1.54, 1.807) is 30.5 Å². The molecule has 1 N–H and O–H groups in total. The van der Waals surface area contributed by atoms with Crippen molar-refractivity contribution in [3.8, 4) is 28.8 Å². The monoisotopic (exact) mass is 497 g/mol. The maximum absolute atomic E-state index is 13.8. The highest BCUT2D eigenvalue weighted by Crippen LogP contribution is 2.37. The molecular weight excluding hydrogens is 472 g/mol. The number of hydrogen-bond donors (Lipinski definition) is 1. The third-order valence-electron chi connectivity index (χ3n) is 5.61. The molecule has 0 spiro atoms. The molecule has 0 radical (unpaired) electrons. The number of nitrogens with zero attached hydrogens (tertiary/aromatic N) is 4. The predicted octanol–water partition coefficient (Wildman–Crippen LogP) is 7.42. The van der Waals surface area contributed by atoms with Gasteiger partial charge in [0, 0.05) is 18.8 Å². The molecule has 0 unspecified atom stereocenters. The van der Waals surface area contributed by atoms with E-state index in [0.29, 0.717) is 40.0 Å². The second kappa shape index (κ2) is 10.9. The molecule has 0 aliphatic carbocycles. The van der Waals surface area contributed by atoms with Crippen LogP contribution >= 0.6 is 0 Å². The third-order valence-corrected chi connectivity index (χ3v) is 5.61. The number of rotatable bonds is 7. The fourth-order valence-corrected chi connectivity index (χ4v) is 3.89. The van der Waals surface area contributed by atoms with Crippen molar-refractivity contribution in [2.75, 3.05) is 17.3 Å². The molecular formula is C29H25F2N5O. The molecule has 6 nitrogen and oxygen atoms in total. The molecule has 0 atom stereocenters. The van der Waals surface area contributed by atoms with Gasteiger partial charge in [0.2, 0.25) is 11.8 Å². The summed E-state index contributed by atoms with van der Waals surface area (Å²) in [6.07, 6.45) is 5.40. The van der Waals surface area contributed by atoms with Crippen molar-refractivity contribution < 1.29 is 13.5 Å². The van der Waals surface area contributed by atoms with Crippen molar-refractivity contribution in [2.45, 2.75) is 20.8 Å². The first-order chi connectivity index (χ1) is 17.8. The summed E-state index contributed by atoms with van der Waals surface area (Å²) in [5.41, 5.74) is 4.59. The number of nitriles is 1. The van der Waals surface area contributed by atoms with E-state index in [1.165, 1.54) is 12.1 Å². The average Bonchev–Trinajstić information content (AvgIpc) is 2.86. The van der Waals surface area contributed by atoms with Crippen LogP contribution in [0.3, 0.4) is 0 Å². The van der Waals surface area contributed by atoms with Gasteiger partial charge in [0.25, 0.3) is 0 Å². The zero-order valence-corrected chi connectivity index (χ0v) is 20.9. The van der Waals surface area contributed by atoms with Crippen molar-refractivity contribution in [2.24, 2.45) is 0 Å². The molecule has 8 heteroatoms. The normalized spacial score (nSPS) is 10.8. The van der Waals surface area contributed by atoms with Crippen LogP contribution in [0.1, 0.15) is 23.6 Å². The quantitative estimate of drug-likeness (QED) is 0.286. The van der Waals surface area contributed by atoms with Gasteiger partial charge in [0.1, 0.15) is 23.1 Å². The van der Waals surface area contributed by atoms with Gasteiger partial charge in [-0.15, -0.1) is 0 Å². The molecule has 1 aromatic heterocycles. The van der Waals surface area contributed by atoms with Crippen LogP contribution in [0.15, 0.2) is 73.1 Å². The van der Waals surface area contributed by atoms with E-state index in [0.717, 1.165) is 22.9 Å². The van der Waals surface area contributed by atoms with E-state index in [2.05, 4.69) is 21.4 Å². The van der Waals surface area contributed by atoms with Gasteiger partial charge in [-0.3, -0.25) is 0 Å². The SMILES string of the molecule is C/C=C\N(C)c1cnc(Nc2ccc(C#N)cc2)nc1Oc1c(C)cc(-c2cc(F)cc(F)c2)cc1C. The highest BCUT2D eigenvalue weighted by atomic mass is 19.1. The maximum Gasteiger partial charge on any atom is 0.248 e. The van der Waals surface area contributed by atoms with Crippen LogP contribution in [0.2, 0.25) is 0 Å². The Bertz CT molecular complexity index is 1470. The fourth-order valence-electron chi connectivity index (χ4n) is 3.89. The second-order valence-electron chi connectivity index (χ2n) is 8.49. The lowest BCUT2D eigenvalue weighted by molar-refractivity contribution is 0.456. The molecule has 0 saturated heterocycles. The lowest BCUT2D eigenvalue weighted by atomic mass is 9.99. The van der Waals surface area contributed by atoms with E-state index >= 15 is 0 Å². The van der Waals surface area contributed by atoms with Crippen LogP contribution in [-0.2, 0) is 0 Å². The molecule has 0 bridgehead atoms. The number of ether oxygens (including phenoxy) is 1. The summed E-state index contributed by atoms with van der Waals surface area (Å²) in [4.78, 5) is 10.9. The number of anilines is 3. The molecule has 0 saturated carbocycles. The van der Waals surface area contributed by atoms with Crippen molar-refractivity contribution in [3.63, 3.8) is 0 Å². The molecule has 3 aromatic carbocycles. The van der Waals surface area contributed by atoms with Gasteiger partial charge in [-0.1, -0.05) is 6.08 Å². The fraction of sp³-hybridized carbons (Fsp3) is 0.138. The zero-order valence-electron chi connectivity index (χ0n) is 20.9. The first-order valence-corrected chi connectivity index (χ1v) is 11.5. The molecule has 4 aromatic rings. The lowest BCUT2D eigenvalue weighted by Gasteiger charge is -2.20. The molecule has 186 valence electrons. The van der Waals surface area contributed by atoms with Crippen molar-refractivity contribution in [1.29, 1.82) is 5.26 Å². The molecule has 0 amide bonds. The Kier molecular flexibility index (Phi) is 7.44. The Labute approximate surface area is 214 Å². The Hall–Kier alpha value is -4.77. The number of halogens is 2. The number of hydrogen-bond acceptors (Lipinski definition) is 6. The smallest absolute Gasteiger partial charge is 0.248 e. The third kappa shape index (κ3) is 5.90. The second-order valence-corrected chi connectivity index (χ2v) is 8.49. The van der Waals surface area contributed by atoms with Gasteiger partial charge in [-0.2, -0.15) is 10.2 Å². The van der Waals surface area contributed by atoms with Crippen molar-refractivity contribution in [3.05, 3.63) is 101 Å². The summed E-state index contributed by atoms with van der Waals surface area (Å²) in [6, 6.07) is 16.1. The topological polar surface area (TPSA) is 74.1 Å². The number of aryl methyl sites for hydroxylation is 2. The average molecular weight is 498 g/mol. The minimum atomic E-state index is -0.634. The van der Waals surface area contributed by atoms with E-state index in [-0.39, 0.29) is 0 Å². The largest absolute Gasteiger partial charge is 0.436 e. The number of nitrogens with one attached hydrogen (secondary N) is 1. The standard InChI is InChI=1S/C29H25F2N5O/c1-5-10-36(4)26-17-33-29(34-25-8-6-20(16-32)7-9-25)35-28(26)37-27-18(2)11-21(12-19(27)3)22-13-23(30)15-24(31)14-22/h5-15,17H,1-4H3,(H,33,34,35)/b10-5-. The lowest BCUT2D eigenvalue weighted by Crippen LogP contribution is -2.12. The van der Waals surface area contributed by atoms with Crippen LogP contribution in [-0.4, -0.2) is 17.0 Å². The van der Waals surface area contributed by atoms with Crippen LogP contribution in [0, 0.1) is 36.8 Å². The van der Waals surface area contributed by atoms with Gasteiger partial charge in [-0.25, -0.2) is 13.8 Å². The minimum Gasteiger partial charge on any atom is -0.436 e. The number of benzene rings is 3. The van der Waals surface area contributed by atoms with Gasteiger partial charge in [0.15, 0.2) is 0 Å². The van der Waals surface area contributed by atoms with Gasteiger partial charge < -0.3 is 15.0 Å². The van der Waals surface area contributed by atoms with Crippen LogP contribution in [0.25, 0.3) is 11.1 Å². The molecule has 0 aliphatic rings. The summed E-state index contributed by atoms with van der Waals surface area (Å²) in [5.74, 6) is -0.0445. The summed E-state index contributed by atoms with van der Waals surface area (Å²) in [7, 11) is 1.86.